The Hall–Kier alpha value is -1.98. The van der Waals surface area contributed by atoms with Crippen molar-refractivity contribution in [1.29, 1.82) is 0 Å². The second kappa shape index (κ2) is 5.98. The minimum atomic E-state index is -0.800. The number of esters is 1. The molecule has 1 fully saturated rings. The van der Waals surface area contributed by atoms with E-state index in [1.807, 2.05) is 0 Å². The Kier molecular flexibility index (Phi) is 4.32. The van der Waals surface area contributed by atoms with Gasteiger partial charge in [-0.05, 0) is 37.5 Å². The number of hydrogen-bond acceptors (Lipinski definition) is 3. The normalized spacial score (nSPS) is 18.8. The maximum atomic E-state index is 13.7. The van der Waals surface area contributed by atoms with Crippen LogP contribution in [0.4, 0.5) is 8.78 Å². The zero-order chi connectivity index (χ0) is 14.7. The van der Waals surface area contributed by atoms with Crippen molar-refractivity contribution < 1.29 is 23.1 Å². The van der Waals surface area contributed by atoms with E-state index in [1.54, 1.807) is 0 Å². The van der Waals surface area contributed by atoms with Gasteiger partial charge in [-0.2, -0.15) is 0 Å². The van der Waals surface area contributed by atoms with Crippen molar-refractivity contribution in [2.75, 3.05) is 13.7 Å². The van der Waals surface area contributed by atoms with Crippen LogP contribution in [0, 0.1) is 11.6 Å². The van der Waals surface area contributed by atoms with Crippen LogP contribution in [-0.2, 0) is 9.53 Å². The van der Waals surface area contributed by atoms with Crippen molar-refractivity contribution in [2.24, 2.45) is 0 Å². The standard InChI is InChI=1S/C14H15F2NO3/c1-20-14(19)12-4-2-3-7-17(12)13(18)10-8-9(15)5-6-11(10)16/h5-6,8,12H,2-4,7H2,1H3. The molecule has 2 rings (SSSR count). The number of carbonyl (C=O) groups excluding carboxylic acids is 2. The van der Waals surface area contributed by atoms with Crippen molar-refractivity contribution >= 4 is 11.9 Å². The fraction of sp³-hybridized carbons (Fsp3) is 0.429. The zero-order valence-corrected chi connectivity index (χ0v) is 11.1. The summed E-state index contributed by atoms with van der Waals surface area (Å²) in [5.74, 6) is -2.71. The molecule has 4 nitrogen and oxygen atoms in total. The summed E-state index contributed by atoms with van der Waals surface area (Å²) in [5, 5.41) is 0. The van der Waals surface area contributed by atoms with Crippen LogP contribution >= 0.6 is 0 Å². The molecule has 0 aliphatic carbocycles. The molecule has 1 aromatic rings. The molecule has 1 amide bonds. The molecule has 1 aromatic carbocycles. The molecule has 0 radical (unpaired) electrons. The molecule has 1 unspecified atom stereocenters. The number of ether oxygens (including phenoxy) is 1. The summed E-state index contributed by atoms with van der Waals surface area (Å²) in [4.78, 5) is 25.3. The predicted octanol–water partition coefficient (Wildman–Crippen LogP) is 2.13. The van der Waals surface area contributed by atoms with Crippen LogP contribution in [0.25, 0.3) is 0 Å². The molecule has 1 heterocycles. The number of methoxy groups -OCH3 is 1. The maximum Gasteiger partial charge on any atom is 0.328 e. The molecule has 0 bridgehead atoms. The number of halogens is 2. The van der Waals surface area contributed by atoms with Crippen LogP contribution in [0.2, 0.25) is 0 Å². The van der Waals surface area contributed by atoms with E-state index in [0.717, 1.165) is 31.0 Å². The molecule has 6 heteroatoms. The Balaban J connectivity index is 2.30. The van der Waals surface area contributed by atoms with Crippen LogP contribution in [0.1, 0.15) is 29.6 Å². The molecular weight excluding hydrogens is 268 g/mol. The van der Waals surface area contributed by atoms with Gasteiger partial charge in [-0.1, -0.05) is 0 Å². The Labute approximate surface area is 115 Å². The summed E-state index contributed by atoms with van der Waals surface area (Å²) in [6.45, 7) is 0.328. The lowest BCUT2D eigenvalue weighted by molar-refractivity contribution is -0.147. The monoisotopic (exact) mass is 283 g/mol. The van der Waals surface area contributed by atoms with E-state index in [-0.39, 0.29) is 5.56 Å². The number of amides is 1. The fourth-order valence-corrected chi connectivity index (χ4v) is 2.37. The lowest BCUT2D eigenvalue weighted by Gasteiger charge is -2.33. The highest BCUT2D eigenvalue weighted by Crippen LogP contribution is 2.22. The zero-order valence-electron chi connectivity index (χ0n) is 11.1. The lowest BCUT2D eigenvalue weighted by Crippen LogP contribution is -2.48. The maximum absolute atomic E-state index is 13.7. The number of piperidine rings is 1. The summed E-state index contributed by atoms with van der Waals surface area (Å²) in [6.07, 6.45) is 1.97. The minimum Gasteiger partial charge on any atom is -0.467 e. The summed E-state index contributed by atoms with van der Waals surface area (Å²) in [6, 6.07) is 1.96. The fourth-order valence-electron chi connectivity index (χ4n) is 2.37. The molecule has 1 aliphatic rings. The van der Waals surface area contributed by atoms with E-state index in [4.69, 9.17) is 0 Å². The van der Waals surface area contributed by atoms with Gasteiger partial charge in [-0.25, -0.2) is 13.6 Å². The van der Waals surface area contributed by atoms with Gasteiger partial charge in [0.1, 0.15) is 17.7 Å². The molecule has 0 N–H and O–H groups in total. The molecule has 1 atom stereocenters. The highest BCUT2D eigenvalue weighted by Gasteiger charge is 2.34. The molecule has 1 saturated heterocycles. The lowest BCUT2D eigenvalue weighted by atomic mass is 10.0. The average molecular weight is 283 g/mol. The van der Waals surface area contributed by atoms with Crippen molar-refractivity contribution in [3.05, 3.63) is 35.4 Å². The second-order valence-electron chi connectivity index (χ2n) is 4.66. The first-order chi connectivity index (χ1) is 9.54. The molecule has 1 aliphatic heterocycles. The van der Waals surface area contributed by atoms with Gasteiger partial charge < -0.3 is 9.64 Å². The van der Waals surface area contributed by atoms with Crippen LogP contribution in [0.3, 0.4) is 0 Å². The van der Waals surface area contributed by atoms with Gasteiger partial charge in [0.2, 0.25) is 0 Å². The quantitative estimate of drug-likeness (QED) is 0.781. The third-order valence-electron chi connectivity index (χ3n) is 3.40. The van der Waals surface area contributed by atoms with E-state index in [9.17, 15) is 18.4 Å². The van der Waals surface area contributed by atoms with E-state index >= 15 is 0 Å². The first-order valence-electron chi connectivity index (χ1n) is 6.38. The highest BCUT2D eigenvalue weighted by molar-refractivity contribution is 5.97. The van der Waals surface area contributed by atoms with Gasteiger partial charge in [0.15, 0.2) is 0 Å². The predicted molar refractivity (Wildman–Crippen MR) is 67.0 cm³/mol. The molecule has 108 valence electrons. The average Bonchev–Trinajstić information content (AvgIpc) is 2.48. The first-order valence-corrected chi connectivity index (χ1v) is 6.38. The smallest absolute Gasteiger partial charge is 0.328 e. The van der Waals surface area contributed by atoms with Crippen LogP contribution in [0.15, 0.2) is 18.2 Å². The van der Waals surface area contributed by atoms with Gasteiger partial charge in [0, 0.05) is 6.54 Å². The Morgan fingerprint density at radius 2 is 2.05 bits per heavy atom. The van der Waals surface area contributed by atoms with Crippen molar-refractivity contribution in [2.45, 2.75) is 25.3 Å². The number of carbonyl (C=O) groups is 2. The largest absolute Gasteiger partial charge is 0.467 e. The van der Waals surface area contributed by atoms with E-state index < -0.39 is 29.6 Å². The summed E-state index contributed by atoms with van der Waals surface area (Å²) >= 11 is 0. The van der Waals surface area contributed by atoms with Gasteiger partial charge in [0.05, 0.1) is 12.7 Å². The Morgan fingerprint density at radius 1 is 1.30 bits per heavy atom. The van der Waals surface area contributed by atoms with Gasteiger partial charge >= 0.3 is 5.97 Å². The van der Waals surface area contributed by atoms with Gasteiger partial charge in [-0.3, -0.25) is 4.79 Å². The van der Waals surface area contributed by atoms with Crippen molar-refractivity contribution in [1.82, 2.24) is 4.90 Å². The number of likely N-dealkylation sites (tertiary alicyclic amines) is 1. The van der Waals surface area contributed by atoms with Gasteiger partial charge in [-0.15, -0.1) is 0 Å². The number of rotatable bonds is 2. The third kappa shape index (κ3) is 2.79. The van der Waals surface area contributed by atoms with Crippen LogP contribution in [0.5, 0.6) is 0 Å². The van der Waals surface area contributed by atoms with Gasteiger partial charge in [0.25, 0.3) is 5.91 Å². The number of benzene rings is 1. The minimum absolute atomic E-state index is 0.328. The molecule has 0 saturated carbocycles. The second-order valence-corrected chi connectivity index (χ2v) is 4.66. The van der Waals surface area contributed by atoms with Crippen LogP contribution < -0.4 is 0 Å². The Morgan fingerprint density at radius 3 is 2.75 bits per heavy atom. The van der Waals surface area contributed by atoms with E-state index in [0.29, 0.717) is 13.0 Å². The molecular formula is C14H15F2NO3. The third-order valence-corrected chi connectivity index (χ3v) is 3.40. The topological polar surface area (TPSA) is 46.6 Å². The number of nitrogens with zero attached hydrogens (tertiary/aromatic N) is 1. The molecule has 0 spiro atoms. The SMILES string of the molecule is COC(=O)C1CCCCN1C(=O)c1cc(F)ccc1F. The van der Waals surface area contributed by atoms with Crippen LogP contribution in [-0.4, -0.2) is 36.5 Å². The summed E-state index contributed by atoms with van der Waals surface area (Å²) < 4.78 is 31.5. The van der Waals surface area contributed by atoms with E-state index in [2.05, 4.69) is 4.74 Å². The summed E-state index contributed by atoms with van der Waals surface area (Å²) in [7, 11) is 1.24. The first kappa shape index (κ1) is 14.4. The number of hydrogen-bond donors (Lipinski definition) is 0. The van der Waals surface area contributed by atoms with E-state index in [1.165, 1.54) is 12.0 Å². The molecule has 20 heavy (non-hydrogen) atoms. The summed E-state index contributed by atoms with van der Waals surface area (Å²) in [5.41, 5.74) is -0.360. The molecule has 0 aromatic heterocycles. The Bertz CT molecular complexity index is 533. The van der Waals surface area contributed by atoms with Crippen molar-refractivity contribution in [3.8, 4) is 0 Å². The van der Waals surface area contributed by atoms with Crippen molar-refractivity contribution in [3.63, 3.8) is 0 Å². The highest BCUT2D eigenvalue weighted by atomic mass is 19.1.